The molecule has 5 heteroatoms. The lowest BCUT2D eigenvalue weighted by atomic mass is 10.2. The molecule has 0 unspecified atom stereocenters. The van der Waals surface area contributed by atoms with Crippen LogP contribution < -0.4 is 9.47 Å². The molecule has 0 N–H and O–H groups in total. The van der Waals surface area contributed by atoms with Crippen molar-refractivity contribution in [3.05, 3.63) is 23.8 Å². The van der Waals surface area contributed by atoms with Crippen LogP contribution in [0, 0.1) is 0 Å². The van der Waals surface area contributed by atoms with Crippen molar-refractivity contribution in [3.63, 3.8) is 0 Å². The van der Waals surface area contributed by atoms with Gasteiger partial charge in [-0.2, -0.15) is 0 Å². The summed E-state index contributed by atoms with van der Waals surface area (Å²) < 4.78 is 16.3. The average Bonchev–Trinajstić information content (AvgIpc) is 2.53. The molecule has 0 saturated carbocycles. The van der Waals surface area contributed by atoms with E-state index in [1.165, 1.54) is 0 Å². The van der Waals surface area contributed by atoms with Crippen molar-refractivity contribution < 1.29 is 19.0 Å². The first-order valence-electron chi connectivity index (χ1n) is 7.95. The molecule has 1 rings (SSSR count). The molecule has 0 aromatic heterocycles. The van der Waals surface area contributed by atoms with Gasteiger partial charge in [0.2, 0.25) is 0 Å². The van der Waals surface area contributed by atoms with Gasteiger partial charge in [0.05, 0.1) is 18.8 Å². The monoisotopic (exact) mass is 309 g/mol. The second-order valence-electron chi connectivity index (χ2n) is 4.69. The molecule has 0 heterocycles. The molecule has 0 amide bonds. The zero-order chi connectivity index (χ0) is 16.4. The first-order valence-corrected chi connectivity index (χ1v) is 7.95. The summed E-state index contributed by atoms with van der Waals surface area (Å²) in [5, 5.41) is 0. The predicted molar refractivity (Wildman–Crippen MR) is 86.9 cm³/mol. The van der Waals surface area contributed by atoms with E-state index in [0.29, 0.717) is 36.9 Å². The highest BCUT2D eigenvalue weighted by atomic mass is 16.5. The normalized spacial score (nSPS) is 10.6. The number of likely N-dealkylation sites (N-methyl/N-ethyl adjacent to an activating group) is 1. The van der Waals surface area contributed by atoms with Crippen LogP contribution in [-0.4, -0.2) is 50.3 Å². The number of carbonyl (C=O) groups excluding carboxylic acids is 1. The first-order chi connectivity index (χ1) is 10.7. The number of nitrogens with zero attached hydrogens (tertiary/aromatic N) is 1. The largest absolute Gasteiger partial charge is 0.490 e. The van der Waals surface area contributed by atoms with Crippen LogP contribution >= 0.6 is 0 Å². The summed E-state index contributed by atoms with van der Waals surface area (Å²) >= 11 is 0. The van der Waals surface area contributed by atoms with E-state index in [0.717, 1.165) is 19.6 Å². The van der Waals surface area contributed by atoms with Crippen LogP contribution in [0.4, 0.5) is 0 Å². The quantitative estimate of drug-likeness (QED) is 0.622. The van der Waals surface area contributed by atoms with Gasteiger partial charge in [0.1, 0.15) is 6.61 Å². The molecule has 1 aromatic rings. The molecule has 22 heavy (non-hydrogen) atoms. The fourth-order valence-corrected chi connectivity index (χ4v) is 2.07. The first kappa shape index (κ1) is 18.3. The average molecular weight is 309 g/mol. The van der Waals surface area contributed by atoms with E-state index in [1.54, 1.807) is 18.2 Å². The van der Waals surface area contributed by atoms with Crippen LogP contribution in [0.15, 0.2) is 18.2 Å². The number of ether oxygens (including phenoxy) is 3. The molecule has 0 radical (unpaired) electrons. The Morgan fingerprint density at radius 1 is 1.00 bits per heavy atom. The molecule has 0 aliphatic rings. The third kappa shape index (κ3) is 5.56. The Kier molecular flexibility index (Phi) is 8.36. The van der Waals surface area contributed by atoms with Crippen molar-refractivity contribution in [1.82, 2.24) is 4.90 Å². The molecular formula is C17H27NO4. The van der Waals surface area contributed by atoms with Crippen LogP contribution in [0.1, 0.15) is 38.1 Å². The van der Waals surface area contributed by atoms with Crippen molar-refractivity contribution in [2.75, 3.05) is 39.5 Å². The van der Waals surface area contributed by atoms with Gasteiger partial charge in [-0.05, 0) is 45.1 Å². The second-order valence-corrected chi connectivity index (χ2v) is 4.69. The summed E-state index contributed by atoms with van der Waals surface area (Å²) in [5.74, 6) is 0.878. The molecule has 0 spiro atoms. The fraction of sp³-hybridized carbons (Fsp3) is 0.588. The van der Waals surface area contributed by atoms with E-state index >= 15 is 0 Å². The molecule has 0 aliphatic heterocycles. The van der Waals surface area contributed by atoms with E-state index in [1.807, 2.05) is 13.8 Å². The summed E-state index contributed by atoms with van der Waals surface area (Å²) in [4.78, 5) is 14.3. The molecule has 0 aliphatic carbocycles. The van der Waals surface area contributed by atoms with Gasteiger partial charge in [-0.25, -0.2) is 4.79 Å². The molecule has 0 fully saturated rings. The van der Waals surface area contributed by atoms with E-state index < -0.39 is 0 Å². The van der Waals surface area contributed by atoms with Gasteiger partial charge in [-0.3, -0.25) is 0 Å². The zero-order valence-electron chi connectivity index (χ0n) is 14.1. The molecule has 124 valence electrons. The van der Waals surface area contributed by atoms with E-state index in [-0.39, 0.29) is 5.97 Å². The maximum atomic E-state index is 12.1. The number of benzene rings is 1. The predicted octanol–water partition coefficient (Wildman–Crippen LogP) is 2.98. The van der Waals surface area contributed by atoms with Gasteiger partial charge in [0.25, 0.3) is 0 Å². The highest BCUT2D eigenvalue weighted by Gasteiger charge is 2.13. The summed E-state index contributed by atoms with van der Waals surface area (Å²) in [6.45, 7) is 12.1. The SMILES string of the molecule is CCOc1ccc(C(=O)OCCN(CC)CC)cc1OCC. The van der Waals surface area contributed by atoms with Gasteiger partial charge in [0, 0.05) is 6.54 Å². The van der Waals surface area contributed by atoms with Crippen molar-refractivity contribution in [2.24, 2.45) is 0 Å². The van der Waals surface area contributed by atoms with Gasteiger partial charge in [-0.1, -0.05) is 13.8 Å². The molecule has 0 atom stereocenters. The summed E-state index contributed by atoms with van der Waals surface area (Å²) in [5.41, 5.74) is 0.478. The standard InChI is InChI=1S/C17H27NO4/c1-5-18(6-2)11-12-22-17(19)14-9-10-15(20-7-3)16(13-14)21-8-4/h9-10,13H,5-8,11-12H2,1-4H3. The Labute approximate surface area is 133 Å². The minimum Gasteiger partial charge on any atom is -0.490 e. The van der Waals surface area contributed by atoms with Crippen LogP contribution in [0.5, 0.6) is 11.5 Å². The van der Waals surface area contributed by atoms with Gasteiger partial charge < -0.3 is 19.1 Å². The van der Waals surface area contributed by atoms with Crippen LogP contribution in [0.3, 0.4) is 0 Å². The van der Waals surface area contributed by atoms with Gasteiger partial charge in [0.15, 0.2) is 11.5 Å². The second kappa shape index (κ2) is 10.1. The van der Waals surface area contributed by atoms with Crippen molar-refractivity contribution in [2.45, 2.75) is 27.7 Å². The number of hydrogen-bond donors (Lipinski definition) is 0. The Morgan fingerprint density at radius 2 is 1.64 bits per heavy atom. The summed E-state index contributed by atoms with van der Waals surface area (Å²) in [6.07, 6.45) is 0. The Hall–Kier alpha value is -1.75. The Bertz CT molecular complexity index is 458. The minimum absolute atomic E-state index is 0.337. The number of hydrogen-bond acceptors (Lipinski definition) is 5. The lowest BCUT2D eigenvalue weighted by Crippen LogP contribution is -2.27. The van der Waals surface area contributed by atoms with E-state index in [4.69, 9.17) is 14.2 Å². The number of carbonyl (C=O) groups is 1. The highest BCUT2D eigenvalue weighted by molar-refractivity contribution is 5.90. The highest BCUT2D eigenvalue weighted by Crippen LogP contribution is 2.28. The van der Waals surface area contributed by atoms with Crippen molar-refractivity contribution >= 4 is 5.97 Å². The smallest absolute Gasteiger partial charge is 0.338 e. The van der Waals surface area contributed by atoms with E-state index in [9.17, 15) is 4.79 Å². The molecule has 1 aromatic carbocycles. The third-order valence-corrected chi connectivity index (χ3v) is 3.31. The van der Waals surface area contributed by atoms with Crippen molar-refractivity contribution in [3.8, 4) is 11.5 Å². The van der Waals surface area contributed by atoms with Gasteiger partial charge in [-0.15, -0.1) is 0 Å². The maximum Gasteiger partial charge on any atom is 0.338 e. The topological polar surface area (TPSA) is 48.0 Å². The lowest BCUT2D eigenvalue weighted by Gasteiger charge is -2.17. The van der Waals surface area contributed by atoms with Crippen LogP contribution in [0.25, 0.3) is 0 Å². The lowest BCUT2D eigenvalue weighted by molar-refractivity contribution is 0.0466. The Morgan fingerprint density at radius 3 is 2.23 bits per heavy atom. The summed E-state index contributed by atoms with van der Waals surface area (Å²) in [6, 6.07) is 5.12. The molecule has 5 nitrogen and oxygen atoms in total. The van der Waals surface area contributed by atoms with Gasteiger partial charge >= 0.3 is 5.97 Å². The van der Waals surface area contributed by atoms with Crippen LogP contribution in [-0.2, 0) is 4.74 Å². The number of esters is 1. The fourth-order valence-electron chi connectivity index (χ4n) is 2.07. The van der Waals surface area contributed by atoms with E-state index in [2.05, 4.69) is 18.7 Å². The summed E-state index contributed by atoms with van der Waals surface area (Å²) in [7, 11) is 0. The Balaban J connectivity index is 2.66. The van der Waals surface area contributed by atoms with Crippen molar-refractivity contribution in [1.29, 1.82) is 0 Å². The molecule has 0 saturated heterocycles. The zero-order valence-corrected chi connectivity index (χ0v) is 14.1. The maximum absolute atomic E-state index is 12.1. The minimum atomic E-state index is -0.337. The molecule has 0 bridgehead atoms. The van der Waals surface area contributed by atoms with Crippen LogP contribution in [0.2, 0.25) is 0 Å². The molecular weight excluding hydrogens is 282 g/mol. The third-order valence-electron chi connectivity index (χ3n) is 3.31. The number of rotatable bonds is 10.